The molecule has 0 aliphatic rings. The predicted molar refractivity (Wildman–Crippen MR) is 119 cm³/mol. The van der Waals surface area contributed by atoms with Crippen LogP contribution in [0.2, 0.25) is 0 Å². The van der Waals surface area contributed by atoms with Crippen LogP contribution in [0.15, 0.2) is 57.2 Å². The number of aromatic nitrogens is 1. The van der Waals surface area contributed by atoms with Gasteiger partial charge in [-0.25, -0.2) is 8.42 Å². The summed E-state index contributed by atoms with van der Waals surface area (Å²) >= 11 is 4.55. The lowest BCUT2D eigenvalue weighted by atomic mass is 10.2. The van der Waals surface area contributed by atoms with Crippen LogP contribution in [0, 0.1) is 0 Å². The minimum Gasteiger partial charge on any atom is -0.316 e. The molecule has 28 heavy (non-hydrogen) atoms. The quantitative estimate of drug-likeness (QED) is 0.530. The van der Waals surface area contributed by atoms with E-state index in [4.69, 9.17) is 0 Å². The van der Waals surface area contributed by atoms with Gasteiger partial charge < -0.3 is 4.57 Å². The van der Waals surface area contributed by atoms with Crippen molar-refractivity contribution >= 4 is 60.8 Å². The number of hydrogen-bond donors (Lipinski definition) is 0. The fraction of sp³-hybridized carbons (Fsp3) is 0.263. The van der Waals surface area contributed by atoms with Crippen molar-refractivity contribution in [2.24, 2.45) is 4.99 Å². The van der Waals surface area contributed by atoms with Gasteiger partial charge >= 0.3 is 0 Å². The molecule has 0 spiro atoms. The number of rotatable bonds is 6. The highest BCUT2D eigenvalue weighted by molar-refractivity contribution is 7.98. The van der Waals surface area contributed by atoms with Crippen LogP contribution in [0.4, 0.5) is 0 Å². The number of sulfone groups is 1. The molecule has 0 fully saturated rings. The number of carbonyl (C=O) groups is 1. The van der Waals surface area contributed by atoms with E-state index in [1.165, 1.54) is 29.4 Å². The number of fused-ring (bicyclic) bond motifs is 1. The number of hydrogen-bond acceptors (Lipinski definition) is 6. The summed E-state index contributed by atoms with van der Waals surface area (Å²) in [5.74, 6) is 0.570. The zero-order valence-corrected chi connectivity index (χ0v) is 19.0. The lowest BCUT2D eigenvalue weighted by Gasteiger charge is -2.05. The summed E-state index contributed by atoms with van der Waals surface area (Å²) in [6, 6.07) is 12.5. The van der Waals surface area contributed by atoms with Gasteiger partial charge in [0.15, 0.2) is 14.6 Å². The van der Waals surface area contributed by atoms with Gasteiger partial charge in [0, 0.05) is 23.4 Å². The van der Waals surface area contributed by atoms with E-state index in [-0.39, 0.29) is 10.8 Å². The maximum atomic E-state index is 12.8. The second kappa shape index (κ2) is 8.86. The molecule has 0 saturated heterocycles. The van der Waals surface area contributed by atoms with Gasteiger partial charge in [-0.2, -0.15) is 16.8 Å². The molecule has 0 bridgehead atoms. The molecule has 148 valence electrons. The average molecular weight is 453 g/mol. The molecule has 5 nitrogen and oxygen atoms in total. The number of thioether (sulfide) groups is 2. The lowest BCUT2D eigenvalue weighted by molar-refractivity contribution is 0.0995. The van der Waals surface area contributed by atoms with Crippen LogP contribution < -0.4 is 4.80 Å². The average Bonchev–Trinajstić information content (AvgIpc) is 3.01. The normalized spacial score (nSPS) is 12.6. The molecular formula is C19H20N2O3S4. The van der Waals surface area contributed by atoms with Crippen LogP contribution in [-0.2, 0) is 16.4 Å². The number of thiazole rings is 1. The highest BCUT2D eigenvalue weighted by Gasteiger charge is 2.14. The fourth-order valence-electron chi connectivity index (χ4n) is 2.74. The third-order valence-electron chi connectivity index (χ3n) is 4.14. The van der Waals surface area contributed by atoms with Crippen molar-refractivity contribution in [3.8, 4) is 0 Å². The van der Waals surface area contributed by atoms with E-state index in [2.05, 4.69) is 4.99 Å². The second-order valence-corrected chi connectivity index (χ2v) is 10.9. The Kier molecular flexibility index (Phi) is 6.69. The molecule has 0 atom stereocenters. The Balaban J connectivity index is 2.17. The van der Waals surface area contributed by atoms with Gasteiger partial charge in [0.1, 0.15) is 0 Å². The first-order valence-electron chi connectivity index (χ1n) is 8.39. The van der Waals surface area contributed by atoms with Crippen LogP contribution in [0.25, 0.3) is 10.2 Å². The Morgan fingerprint density at radius 3 is 2.61 bits per heavy atom. The first kappa shape index (κ1) is 21.2. The molecule has 0 radical (unpaired) electrons. The number of carbonyl (C=O) groups excluding carboxylic acids is 1. The molecule has 0 unspecified atom stereocenters. The smallest absolute Gasteiger partial charge is 0.280 e. The molecule has 1 aromatic heterocycles. The maximum absolute atomic E-state index is 12.8. The number of benzene rings is 2. The minimum atomic E-state index is -3.30. The van der Waals surface area contributed by atoms with Crippen LogP contribution in [-0.4, -0.2) is 43.4 Å². The van der Waals surface area contributed by atoms with Crippen LogP contribution in [0.1, 0.15) is 10.4 Å². The third-order valence-corrected chi connectivity index (χ3v) is 7.67. The Morgan fingerprint density at radius 1 is 1.18 bits per heavy atom. The molecule has 1 heterocycles. The maximum Gasteiger partial charge on any atom is 0.280 e. The Bertz CT molecular complexity index is 1190. The van der Waals surface area contributed by atoms with E-state index in [1.54, 1.807) is 36.0 Å². The van der Waals surface area contributed by atoms with Crippen molar-refractivity contribution in [2.75, 3.05) is 24.5 Å². The van der Waals surface area contributed by atoms with Gasteiger partial charge in [0.05, 0.1) is 20.7 Å². The van der Waals surface area contributed by atoms with E-state index in [0.29, 0.717) is 16.9 Å². The van der Waals surface area contributed by atoms with Crippen molar-refractivity contribution in [3.05, 3.63) is 52.8 Å². The van der Waals surface area contributed by atoms with E-state index < -0.39 is 9.84 Å². The van der Waals surface area contributed by atoms with Gasteiger partial charge in [0.25, 0.3) is 5.91 Å². The standard InChI is InChI=1S/C19H20N2O3S4/c1-25-11-10-21-15-9-8-13(28(3,23)24)12-17(15)27-19(21)20-18(22)14-6-4-5-7-16(14)26-2/h4-9,12H,10-11H2,1-3H3. The van der Waals surface area contributed by atoms with Gasteiger partial charge in [-0.3, -0.25) is 4.79 Å². The van der Waals surface area contributed by atoms with Crippen molar-refractivity contribution < 1.29 is 13.2 Å². The molecule has 0 N–H and O–H groups in total. The van der Waals surface area contributed by atoms with Crippen LogP contribution in [0.3, 0.4) is 0 Å². The van der Waals surface area contributed by atoms with Crippen LogP contribution >= 0.6 is 34.9 Å². The fourth-order valence-corrected chi connectivity index (χ4v) is 5.51. The monoisotopic (exact) mass is 452 g/mol. The largest absolute Gasteiger partial charge is 0.316 e. The number of amides is 1. The molecule has 0 saturated carbocycles. The highest BCUT2D eigenvalue weighted by Crippen LogP contribution is 2.23. The minimum absolute atomic E-state index is 0.267. The predicted octanol–water partition coefficient (Wildman–Crippen LogP) is 3.93. The molecule has 3 aromatic rings. The first-order valence-corrected chi connectivity index (χ1v) is 13.7. The van der Waals surface area contributed by atoms with E-state index in [0.717, 1.165) is 20.9 Å². The second-order valence-electron chi connectivity index (χ2n) is 6.05. The highest BCUT2D eigenvalue weighted by atomic mass is 32.2. The zero-order chi connectivity index (χ0) is 20.3. The SMILES string of the molecule is CSCCn1c(=NC(=O)c2ccccc2SC)sc2cc(S(C)(=O)=O)ccc21. The number of aryl methyl sites for hydroxylation is 1. The molecule has 0 aliphatic heterocycles. The number of nitrogens with zero attached hydrogens (tertiary/aromatic N) is 2. The van der Waals surface area contributed by atoms with Crippen molar-refractivity contribution in [2.45, 2.75) is 16.3 Å². The molecule has 9 heteroatoms. The topological polar surface area (TPSA) is 68.5 Å². The Labute approximate surface area is 176 Å². The Hall–Kier alpha value is -1.55. The first-order chi connectivity index (χ1) is 13.3. The van der Waals surface area contributed by atoms with Crippen molar-refractivity contribution in [1.82, 2.24) is 4.57 Å². The van der Waals surface area contributed by atoms with E-state index >= 15 is 0 Å². The summed E-state index contributed by atoms with van der Waals surface area (Å²) in [7, 11) is -3.30. The summed E-state index contributed by atoms with van der Waals surface area (Å²) in [5, 5.41) is 0. The van der Waals surface area contributed by atoms with Gasteiger partial charge in [-0.05, 0) is 42.8 Å². The van der Waals surface area contributed by atoms with Crippen molar-refractivity contribution in [3.63, 3.8) is 0 Å². The molecule has 1 amide bonds. The summed E-state index contributed by atoms with van der Waals surface area (Å²) in [6.07, 6.45) is 5.14. The summed E-state index contributed by atoms with van der Waals surface area (Å²) < 4.78 is 26.6. The molecule has 2 aromatic carbocycles. The van der Waals surface area contributed by atoms with Crippen molar-refractivity contribution in [1.29, 1.82) is 0 Å². The third kappa shape index (κ3) is 4.53. The van der Waals surface area contributed by atoms with E-state index in [9.17, 15) is 13.2 Å². The lowest BCUT2D eigenvalue weighted by Crippen LogP contribution is -2.18. The Morgan fingerprint density at radius 2 is 1.93 bits per heavy atom. The van der Waals surface area contributed by atoms with Gasteiger partial charge in [0.2, 0.25) is 0 Å². The zero-order valence-electron chi connectivity index (χ0n) is 15.7. The molecular weight excluding hydrogens is 432 g/mol. The summed E-state index contributed by atoms with van der Waals surface area (Å²) in [5.41, 5.74) is 1.46. The summed E-state index contributed by atoms with van der Waals surface area (Å²) in [4.78, 5) is 19.0. The summed E-state index contributed by atoms with van der Waals surface area (Å²) in [6.45, 7) is 0.690. The van der Waals surface area contributed by atoms with E-state index in [1.807, 2.05) is 35.3 Å². The van der Waals surface area contributed by atoms with Gasteiger partial charge in [-0.15, -0.1) is 11.8 Å². The molecule has 3 rings (SSSR count). The van der Waals surface area contributed by atoms with Gasteiger partial charge in [-0.1, -0.05) is 23.5 Å². The van der Waals surface area contributed by atoms with Crippen LogP contribution in [0.5, 0.6) is 0 Å². The molecule has 0 aliphatic carbocycles.